The van der Waals surface area contributed by atoms with Gasteiger partial charge < -0.3 is 47.4 Å². The number of nitrogens with zero attached hydrogens (tertiary/aromatic N) is 1. The maximum absolute atomic E-state index is 14.2. The average molecular weight is 703 g/mol. The molecular weight excluding hydrogens is 652 g/mol. The Morgan fingerprint density at radius 3 is 2.16 bits per heavy atom. The molecule has 1 aromatic heterocycles. The molecule has 51 heavy (non-hydrogen) atoms. The van der Waals surface area contributed by atoms with Crippen LogP contribution in [0.25, 0.3) is 11.0 Å². The molecule has 2 heterocycles. The number of hydrogen-bond acceptors (Lipinski definition) is 8. The second kappa shape index (κ2) is 17.4. The number of amides is 3. The van der Waals surface area contributed by atoms with E-state index in [2.05, 4.69) is 26.6 Å². The van der Waals surface area contributed by atoms with E-state index in [9.17, 15) is 19.2 Å². The zero-order valence-electron chi connectivity index (χ0n) is 29.7. The first-order chi connectivity index (χ1) is 24.2. The van der Waals surface area contributed by atoms with Gasteiger partial charge in [0.25, 0.3) is 0 Å². The second-order valence-electron chi connectivity index (χ2n) is 13.1. The summed E-state index contributed by atoms with van der Waals surface area (Å²) >= 11 is 0. The van der Waals surface area contributed by atoms with Gasteiger partial charge in [0.2, 0.25) is 17.7 Å². The van der Waals surface area contributed by atoms with Crippen molar-refractivity contribution in [1.82, 2.24) is 20.9 Å². The lowest BCUT2D eigenvalue weighted by Crippen LogP contribution is -2.54. The van der Waals surface area contributed by atoms with Crippen LogP contribution in [0.5, 0.6) is 0 Å². The average Bonchev–Trinajstić information content (AvgIpc) is 3.54. The van der Waals surface area contributed by atoms with Gasteiger partial charge in [0.1, 0.15) is 23.7 Å². The topological polar surface area (TPSA) is 245 Å². The quantitative estimate of drug-likeness (QED) is 0.0485. The molecule has 15 heteroatoms. The summed E-state index contributed by atoms with van der Waals surface area (Å²) in [6.45, 7) is 8.89. The van der Waals surface area contributed by atoms with Crippen molar-refractivity contribution in [3.05, 3.63) is 69.1 Å². The Kier molecular flexibility index (Phi) is 13.0. The van der Waals surface area contributed by atoms with Crippen LogP contribution in [0.3, 0.4) is 0 Å². The lowest BCUT2D eigenvalue weighted by molar-refractivity contribution is -0.139. The number of rotatable bonds is 15. The first-order valence-electron chi connectivity index (χ1n) is 17.2. The Bertz CT molecular complexity index is 1820. The van der Waals surface area contributed by atoms with Crippen molar-refractivity contribution in [2.75, 3.05) is 30.3 Å². The van der Waals surface area contributed by atoms with Crippen molar-refractivity contribution in [2.24, 2.45) is 11.5 Å². The minimum Gasteiger partial charge on any atom is -0.423 e. The minimum absolute atomic E-state index is 0.148. The SMILES string of the molecule is Cc1cc(C)c(N[C@H](CCCNC(=N)N)C(=O)N2CCC[C@H]2C(=O)N[C@@H](CCCNC(=N)N)C(=O)Nc2ccc3c(C)cc(=O)oc3c2)c(C)c1. The van der Waals surface area contributed by atoms with Gasteiger partial charge in [0.15, 0.2) is 11.9 Å². The number of hydrogen-bond donors (Lipinski definition) is 9. The molecule has 0 saturated carbocycles. The number of anilines is 2. The van der Waals surface area contributed by atoms with Crippen LogP contribution in [0.2, 0.25) is 0 Å². The summed E-state index contributed by atoms with van der Waals surface area (Å²) in [5.41, 5.74) is 15.8. The van der Waals surface area contributed by atoms with E-state index in [-0.39, 0.29) is 24.2 Å². The fraction of sp³-hybridized carbons (Fsp3) is 0.444. The van der Waals surface area contributed by atoms with E-state index in [1.807, 2.05) is 32.9 Å². The highest BCUT2D eigenvalue weighted by molar-refractivity contribution is 6.00. The summed E-state index contributed by atoms with van der Waals surface area (Å²) in [5.74, 6) is -1.51. The van der Waals surface area contributed by atoms with E-state index < -0.39 is 35.6 Å². The Morgan fingerprint density at radius 1 is 0.902 bits per heavy atom. The van der Waals surface area contributed by atoms with E-state index in [0.29, 0.717) is 63.0 Å². The van der Waals surface area contributed by atoms with E-state index >= 15 is 0 Å². The Balaban J connectivity index is 1.52. The van der Waals surface area contributed by atoms with Crippen LogP contribution in [-0.2, 0) is 14.4 Å². The molecule has 0 radical (unpaired) electrons. The molecule has 1 saturated heterocycles. The highest BCUT2D eigenvalue weighted by atomic mass is 16.4. The van der Waals surface area contributed by atoms with Crippen molar-refractivity contribution >= 4 is 52.0 Å². The number of nitrogens with one attached hydrogen (secondary N) is 7. The molecule has 4 rings (SSSR count). The van der Waals surface area contributed by atoms with E-state index in [1.165, 1.54) is 6.07 Å². The highest BCUT2D eigenvalue weighted by Crippen LogP contribution is 2.27. The molecule has 3 atom stereocenters. The molecule has 0 unspecified atom stereocenters. The van der Waals surface area contributed by atoms with Crippen molar-refractivity contribution < 1.29 is 18.8 Å². The summed E-state index contributed by atoms with van der Waals surface area (Å²) < 4.78 is 5.33. The predicted octanol–water partition coefficient (Wildman–Crippen LogP) is 2.45. The summed E-state index contributed by atoms with van der Waals surface area (Å²) in [4.78, 5) is 55.3. The fourth-order valence-electron chi connectivity index (χ4n) is 6.57. The Morgan fingerprint density at radius 2 is 1.53 bits per heavy atom. The van der Waals surface area contributed by atoms with Gasteiger partial charge in [-0.05, 0) is 95.0 Å². The smallest absolute Gasteiger partial charge is 0.336 e. The molecule has 274 valence electrons. The molecule has 11 N–H and O–H groups in total. The number of aryl methyl sites for hydroxylation is 4. The molecule has 0 bridgehead atoms. The molecule has 1 fully saturated rings. The second-order valence-corrected chi connectivity index (χ2v) is 13.1. The molecule has 15 nitrogen and oxygen atoms in total. The third-order valence-corrected chi connectivity index (χ3v) is 8.95. The van der Waals surface area contributed by atoms with Crippen LogP contribution in [0, 0.1) is 38.5 Å². The minimum atomic E-state index is -0.978. The van der Waals surface area contributed by atoms with Crippen LogP contribution in [0.1, 0.15) is 60.8 Å². The molecule has 2 aromatic carbocycles. The third-order valence-electron chi connectivity index (χ3n) is 8.95. The standard InChI is InChI=1S/C36H50N10O5/c1-20-16-22(3)31(23(4)17-20)44-27(9-6-14-42-36(39)40)34(50)46-15-7-10-28(46)33(49)45-26(8-5-13-41-35(37)38)32(48)43-24-11-12-25-21(2)18-30(47)51-29(25)19-24/h11-12,16-19,26-28,44H,5-10,13-15H2,1-4H3,(H,43,48)(H,45,49)(H4,37,38,41)(H4,39,40,42)/t26-,27+,28-/m0/s1. The van der Waals surface area contributed by atoms with Crippen molar-refractivity contribution in [2.45, 2.75) is 84.3 Å². The molecule has 1 aliphatic rings. The largest absolute Gasteiger partial charge is 0.423 e. The molecule has 1 aliphatic heterocycles. The number of likely N-dealkylation sites (tertiary alicyclic amines) is 1. The predicted molar refractivity (Wildman–Crippen MR) is 199 cm³/mol. The van der Waals surface area contributed by atoms with Crippen LogP contribution in [0.4, 0.5) is 11.4 Å². The van der Waals surface area contributed by atoms with Gasteiger partial charge in [-0.3, -0.25) is 25.2 Å². The molecule has 0 spiro atoms. The van der Waals surface area contributed by atoms with E-state index in [0.717, 1.165) is 33.3 Å². The maximum atomic E-state index is 14.2. The normalized spacial score (nSPS) is 15.1. The molecular formula is C36H50N10O5. The summed E-state index contributed by atoms with van der Waals surface area (Å²) in [6, 6.07) is 8.07. The number of carbonyl (C=O) groups excluding carboxylic acids is 3. The molecule has 3 aromatic rings. The summed E-state index contributed by atoms with van der Waals surface area (Å²) in [6.07, 6.45) is 2.66. The monoisotopic (exact) mass is 702 g/mol. The van der Waals surface area contributed by atoms with Crippen LogP contribution < -0.4 is 43.7 Å². The lowest BCUT2D eigenvalue weighted by atomic mass is 10.0. The van der Waals surface area contributed by atoms with Gasteiger partial charge in [-0.1, -0.05) is 17.7 Å². The van der Waals surface area contributed by atoms with Crippen LogP contribution >= 0.6 is 0 Å². The first kappa shape index (κ1) is 38.2. The van der Waals surface area contributed by atoms with Gasteiger partial charge in [0, 0.05) is 48.5 Å². The fourth-order valence-corrected chi connectivity index (χ4v) is 6.57. The maximum Gasteiger partial charge on any atom is 0.336 e. The molecule has 0 aliphatic carbocycles. The Hall–Kier alpha value is -5.60. The first-order valence-corrected chi connectivity index (χ1v) is 17.2. The molecule has 3 amide bonds. The van der Waals surface area contributed by atoms with Gasteiger partial charge in [0.05, 0.1) is 0 Å². The van der Waals surface area contributed by atoms with E-state index in [1.54, 1.807) is 30.0 Å². The van der Waals surface area contributed by atoms with Gasteiger partial charge in [-0.2, -0.15) is 0 Å². The van der Waals surface area contributed by atoms with Crippen LogP contribution in [0.15, 0.2) is 45.6 Å². The number of fused-ring (bicyclic) bond motifs is 1. The number of benzene rings is 2. The summed E-state index contributed by atoms with van der Waals surface area (Å²) in [7, 11) is 0. The van der Waals surface area contributed by atoms with Gasteiger partial charge in [-0.15, -0.1) is 0 Å². The lowest BCUT2D eigenvalue weighted by Gasteiger charge is -2.31. The number of nitrogens with two attached hydrogens (primary N) is 2. The number of guanidine groups is 2. The van der Waals surface area contributed by atoms with Gasteiger partial charge in [-0.25, -0.2) is 4.79 Å². The summed E-state index contributed by atoms with van der Waals surface area (Å²) in [5, 5.41) is 30.3. The van der Waals surface area contributed by atoms with E-state index in [4.69, 9.17) is 26.7 Å². The van der Waals surface area contributed by atoms with Crippen molar-refractivity contribution in [3.63, 3.8) is 0 Å². The van der Waals surface area contributed by atoms with Crippen LogP contribution in [-0.4, -0.2) is 72.3 Å². The Labute approximate surface area is 297 Å². The van der Waals surface area contributed by atoms with Crippen molar-refractivity contribution in [3.8, 4) is 0 Å². The van der Waals surface area contributed by atoms with Gasteiger partial charge >= 0.3 is 5.63 Å². The van der Waals surface area contributed by atoms with Crippen molar-refractivity contribution in [1.29, 1.82) is 10.8 Å². The number of carbonyl (C=O) groups is 3. The third kappa shape index (κ3) is 10.4. The highest BCUT2D eigenvalue weighted by Gasteiger charge is 2.38. The zero-order chi connectivity index (χ0) is 37.2. The zero-order valence-corrected chi connectivity index (χ0v) is 29.7.